The van der Waals surface area contributed by atoms with Crippen LogP contribution < -0.4 is 15.8 Å². The number of nitrogen functional groups attached to an aromatic ring is 1. The van der Waals surface area contributed by atoms with E-state index in [0.29, 0.717) is 23.4 Å². The predicted molar refractivity (Wildman–Crippen MR) is 100 cm³/mol. The molecular formula is C20H24N2O3. The Hall–Kier alpha value is -2.82. The van der Waals surface area contributed by atoms with E-state index in [-0.39, 0.29) is 18.3 Å². The van der Waals surface area contributed by atoms with Crippen molar-refractivity contribution in [2.75, 3.05) is 17.7 Å². The maximum atomic E-state index is 12.0. The third-order valence-corrected chi connectivity index (χ3v) is 3.67. The van der Waals surface area contributed by atoms with Gasteiger partial charge in [0.05, 0.1) is 5.69 Å². The minimum Gasteiger partial charge on any atom is -0.482 e. The van der Waals surface area contributed by atoms with Gasteiger partial charge in [-0.25, -0.2) is 0 Å². The van der Waals surface area contributed by atoms with Gasteiger partial charge in [-0.1, -0.05) is 13.0 Å². The molecule has 0 spiro atoms. The fraction of sp³-hybridized carbons (Fsp3) is 0.300. The van der Waals surface area contributed by atoms with Crippen LogP contribution in [0.1, 0.15) is 41.3 Å². The van der Waals surface area contributed by atoms with E-state index in [1.54, 1.807) is 18.2 Å². The van der Waals surface area contributed by atoms with Crippen LogP contribution in [0.3, 0.4) is 0 Å². The molecule has 0 saturated heterocycles. The average molecular weight is 340 g/mol. The Morgan fingerprint density at radius 1 is 1.08 bits per heavy atom. The van der Waals surface area contributed by atoms with Gasteiger partial charge in [-0.2, -0.15) is 0 Å². The van der Waals surface area contributed by atoms with E-state index in [2.05, 4.69) is 5.32 Å². The fourth-order valence-corrected chi connectivity index (χ4v) is 2.61. The molecule has 1 amide bonds. The Bertz CT molecular complexity index is 764. The summed E-state index contributed by atoms with van der Waals surface area (Å²) < 4.78 is 5.48. The van der Waals surface area contributed by atoms with Crippen LogP contribution in [-0.2, 0) is 4.79 Å². The lowest BCUT2D eigenvalue weighted by Gasteiger charge is -2.11. The van der Waals surface area contributed by atoms with Crippen molar-refractivity contribution in [2.45, 2.75) is 33.6 Å². The van der Waals surface area contributed by atoms with E-state index in [1.165, 1.54) is 0 Å². The molecule has 0 fully saturated rings. The Morgan fingerprint density at radius 2 is 1.76 bits per heavy atom. The van der Waals surface area contributed by atoms with Crippen molar-refractivity contribution >= 4 is 23.1 Å². The third-order valence-electron chi connectivity index (χ3n) is 3.67. The summed E-state index contributed by atoms with van der Waals surface area (Å²) in [5.41, 5.74) is 9.72. The van der Waals surface area contributed by atoms with Crippen LogP contribution in [0.4, 0.5) is 11.4 Å². The highest BCUT2D eigenvalue weighted by Gasteiger charge is 2.10. The molecular weight excluding hydrogens is 316 g/mol. The fourth-order valence-electron chi connectivity index (χ4n) is 2.61. The van der Waals surface area contributed by atoms with Crippen LogP contribution in [0.25, 0.3) is 0 Å². The first kappa shape index (κ1) is 18.5. The molecule has 0 atom stereocenters. The number of benzene rings is 2. The number of hydrogen-bond acceptors (Lipinski definition) is 4. The quantitative estimate of drug-likeness (QED) is 0.592. The largest absolute Gasteiger partial charge is 0.482 e. The molecule has 5 heteroatoms. The van der Waals surface area contributed by atoms with Gasteiger partial charge in [0.25, 0.3) is 5.91 Å². The van der Waals surface area contributed by atoms with E-state index >= 15 is 0 Å². The Kier molecular flexibility index (Phi) is 6.17. The highest BCUT2D eigenvalue weighted by Crippen LogP contribution is 2.23. The summed E-state index contributed by atoms with van der Waals surface area (Å²) in [5, 5.41) is 2.80. The first-order chi connectivity index (χ1) is 11.9. The molecule has 0 aliphatic carbocycles. The second-order valence-electron chi connectivity index (χ2n) is 6.14. The number of amides is 1. The molecule has 2 aromatic carbocycles. The van der Waals surface area contributed by atoms with Gasteiger partial charge in [-0.05, 0) is 61.7 Å². The van der Waals surface area contributed by atoms with Crippen LogP contribution in [0.15, 0.2) is 36.4 Å². The minimum atomic E-state index is -0.268. The molecule has 25 heavy (non-hydrogen) atoms. The lowest BCUT2D eigenvalue weighted by Crippen LogP contribution is -2.20. The van der Waals surface area contributed by atoms with Gasteiger partial charge in [-0.3, -0.25) is 9.59 Å². The number of anilines is 2. The number of hydrogen-bond donors (Lipinski definition) is 2. The Morgan fingerprint density at radius 3 is 2.36 bits per heavy atom. The van der Waals surface area contributed by atoms with Gasteiger partial charge in [-0.15, -0.1) is 0 Å². The zero-order valence-electron chi connectivity index (χ0n) is 14.9. The van der Waals surface area contributed by atoms with Gasteiger partial charge in [0.1, 0.15) is 5.75 Å². The van der Waals surface area contributed by atoms with E-state index in [4.69, 9.17) is 10.5 Å². The monoisotopic (exact) mass is 340 g/mol. The molecule has 3 N–H and O–H groups in total. The third kappa shape index (κ3) is 5.35. The summed E-state index contributed by atoms with van der Waals surface area (Å²) >= 11 is 0. The molecule has 0 unspecified atom stereocenters. The number of Topliss-reactive ketones (excluding diaryl/α,β-unsaturated/α-hetero) is 1. The van der Waals surface area contributed by atoms with Gasteiger partial charge in [0.2, 0.25) is 0 Å². The number of aryl methyl sites for hydroxylation is 2. The highest BCUT2D eigenvalue weighted by molar-refractivity contribution is 5.97. The number of carbonyl (C=O) groups is 2. The second-order valence-corrected chi connectivity index (χ2v) is 6.14. The van der Waals surface area contributed by atoms with Crippen molar-refractivity contribution in [3.05, 3.63) is 53.1 Å². The van der Waals surface area contributed by atoms with E-state index in [1.807, 2.05) is 39.0 Å². The zero-order valence-corrected chi connectivity index (χ0v) is 14.9. The van der Waals surface area contributed by atoms with Crippen molar-refractivity contribution in [1.82, 2.24) is 0 Å². The van der Waals surface area contributed by atoms with Gasteiger partial charge < -0.3 is 15.8 Å². The smallest absolute Gasteiger partial charge is 0.262 e. The maximum absolute atomic E-state index is 12.0. The maximum Gasteiger partial charge on any atom is 0.262 e. The summed E-state index contributed by atoms with van der Waals surface area (Å²) in [6.07, 6.45) is 1.27. The molecule has 0 aliphatic rings. The zero-order chi connectivity index (χ0) is 18.4. The Balaban J connectivity index is 1.96. The molecule has 0 aromatic heterocycles. The number of nitrogens with one attached hydrogen (secondary N) is 1. The van der Waals surface area contributed by atoms with Crippen LogP contribution in [0, 0.1) is 13.8 Å². The molecule has 132 valence electrons. The summed E-state index contributed by atoms with van der Waals surface area (Å²) in [4.78, 5) is 23.9. The number of rotatable bonds is 7. The normalized spacial score (nSPS) is 10.4. The first-order valence-corrected chi connectivity index (χ1v) is 8.32. The van der Waals surface area contributed by atoms with E-state index in [0.717, 1.165) is 23.2 Å². The van der Waals surface area contributed by atoms with Crippen LogP contribution >= 0.6 is 0 Å². The number of carbonyl (C=O) groups excluding carboxylic acids is 2. The highest BCUT2D eigenvalue weighted by atomic mass is 16.5. The molecule has 2 rings (SSSR count). The topological polar surface area (TPSA) is 81.4 Å². The average Bonchev–Trinajstić information content (AvgIpc) is 2.52. The number of ketones is 1. The summed E-state index contributed by atoms with van der Waals surface area (Å²) in [6, 6.07) is 10.7. The Labute approximate surface area is 148 Å². The lowest BCUT2D eigenvalue weighted by molar-refractivity contribution is -0.118. The summed E-state index contributed by atoms with van der Waals surface area (Å²) in [7, 11) is 0. The van der Waals surface area contributed by atoms with Crippen molar-refractivity contribution in [3.8, 4) is 5.75 Å². The molecule has 5 nitrogen and oxygen atoms in total. The van der Waals surface area contributed by atoms with Gasteiger partial charge in [0, 0.05) is 17.7 Å². The second kappa shape index (κ2) is 8.33. The molecule has 0 bridgehead atoms. The van der Waals surface area contributed by atoms with Crippen LogP contribution in [0.2, 0.25) is 0 Å². The molecule has 0 heterocycles. The van der Waals surface area contributed by atoms with Crippen LogP contribution in [0.5, 0.6) is 5.75 Å². The lowest BCUT2D eigenvalue weighted by atomic mass is 10.1. The minimum absolute atomic E-state index is 0.0494. The SMILES string of the molecule is CCCC(=O)c1ccc(OCC(=O)Nc2cc(C)cc(C)c2)c(N)c1. The first-order valence-electron chi connectivity index (χ1n) is 8.32. The number of ether oxygens (including phenoxy) is 1. The summed E-state index contributed by atoms with van der Waals surface area (Å²) in [5.74, 6) is 0.174. The summed E-state index contributed by atoms with van der Waals surface area (Å²) in [6.45, 7) is 5.75. The van der Waals surface area contributed by atoms with Gasteiger partial charge in [0.15, 0.2) is 12.4 Å². The van der Waals surface area contributed by atoms with E-state index < -0.39 is 0 Å². The number of nitrogens with two attached hydrogens (primary N) is 1. The molecule has 2 aromatic rings. The van der Waals surface area contributed by atoms with Gasteiger partial charge >= 0.3 is 0 Å². The molecule has 0 saturated carbocycles. The standard InChI is InChI=1S/C20H24N2O3/c1-4-5-18(23)15-6-7-19(17(21)11-15)25-12-20(24)22-16-9-13(2)8-14(3)10-16/h6-11H,4-5,12,21H2,1-3H3,(H,22,24). The molecule has 0 radical (unpaired) electrons. The van der Waals surface area contributed by atoms with Crippen molar-refractivity contribution < 1.29 is 14.3 Å². The van der Waals surface area contributed by atoms with Crippen molar-refractivity contribution in [1.29, 1.82) is 0 Å². The molecule has 0 aliphatic heterocycles. The van der Waals surface area contributed by atoms with Crippen molar-refractivity contribution in [2.24, 2.45) is 0 Å². The van der Waals surface area contributed by atoms with E-state index in [9.17, 15) is 9.59 Å². The van der Waals surface area contributed by atoms with Crippen LogP contribution in [-0.4, -0.2) is 18.3 Å². The predicted octanol–water partition coefficient (Wildman–Crippen LogP) is 3.89. The van der Waals surface area contributed by atoms with Crippen molar-refractivity contribution in [3.63, 3.8) is 0 Å².